The van der Waals surface area contributed by atoms with E-state index in [4.69, 9.17) is 0 Å². The summed E-state index contributed by atoms with van der Waals surface area (Å²) < 4.78 is 0. The fourth-order valence-corrected chi connectivity index (χ4v) is 1.18. The second-order valence-electron chi connectivity index (χ2n) is 3.01. The van der Waals surface area contributed by atoms with Crippen molar-refractivity contribution in [1.29, 1.82) is 0 Å². The van der Waals surface area contributed by atoms with Gasteiger partial charge in [-0.25, -0.2) is 0 Å². The molecule has 1 aliphatic rings. The first kappa shape index (κ1) is 7.33. The van der Waals surface area contributed by atoms with Crippen LogP contribution in [0.15, 0.2) is 36.5 Å². The van der Waals surface area contributed by atoms with Crippen LogP contribution in [0.2, 0.25) is 0 Å². The Balaban J connectivity index is 2.61. The Bertz CT molecular complexity index is 184. The molecule has 0 amide bonds. The first-order valence-corrected chi connectivity index (χ1v) is 3.71. The summed E-state index contributed by atoms with van der Waals surface area (Å²) >= 11 is 0. The highest BCUT2D eigenvalue weighted by molar-refractivity contribution is 5.23. The quantitative estimate of drug-likeness (QED) is 0.483. The summed E-state index contributed by atoms with van der Waals surface area (Å²) in [6.45, 7) is 9.90. The molecule has 0 bridgehead atoms. The fourth-order valence-electron chi connectivity index (χ4n) is 1.18. The predicted molar refractivity (Wildman–Crippen MR) is 45.8 cm³/mol. The van der Waals surface area contributed by atoms with Crippen LogP contribution in [0.25, 0.3) is 0 Å². The minimum Gasteiger partial charge on any atom is -0.0995 e. The van der Waals surface area contributed by atoms with E-state index in [0.717, 1.165) is 6.42 Å². The van der Waals surface area contributed by atoms with Gasteiger partial charge < -0.3 is 0 Å². The van der Waals surface area contributed by atoms with Gasteiger partial charge in [-0.1, -0.05) is 36.5 Å². The van der Waals surface area contributed by atoms with Crippen LogP contribution in [0.3, 0.4) is 0 Å². The molecule has 10 heavy (non-hydrogen) atoms. The predicted octanol–water partition coefficient (Wildman–Crippen LogP) is 3.08. The van der Waals surface area contributed by atoms with Crippen LogP contribution in [0.5, 0.6) is 0 Å². The number of rotatable bonds is 1. The van der Waals surface area contributed by atoms with Crippen molar-refractivity contribution >= 4 is 0 Å². The Labute approximate surface area is 62.9 Å². The molecule has 1 unspecified atom stereocenters. The smallest absolute Gasteiger partial charge is 0.00224 e. The molecule has 0 fully saturated rings. The van der Waals surface area contributed by atoms with Gasteiger partial charge in [-0.3, -0.25) is 0 Å². The molecular formula is C10H14. The summed E-state index contributed by atoms with van der Waals surface area (Å²) in [5, 5.41) is 0. The minimum absolute atomic E-state index is 0.602. The van der Waals surface area contributed by atoms with E-state index in [1.807, 2.05) is 0 Å². The largest absolute Gasteiger partial charge is 0.0995 e. The third-order valence-corrected chi connectivity index (χ3v) is 1.97. The maximum atomic E-state index is 3.92. The lowest BCUT2D eigenvalue weighted by Gasteiger charge is -2.16. The molecule has 0 nitrogen and oxygen atoms in total. The Hall–Kier alpha value is -0.780. The Kier molecular flexibility index (Phi) is 2.10. The minimum atomic E-state index is 0.602. The van der Waals surface area contributed by atoms with Crippen molar-refractivity contribution in [3.63, 3.8) is 0 Å². The van der Waals surface area contributed by atoms with E-state index >= 15 is 0 Å². The molecule has 0 heteroatoms. The fraction of sp³-hybridized carbons (Fsp3) is 0.400. The van der Waals surface area contributed by atoms with E-state index in [9.17, 15) is 0 Å². The van der Waals surface area contributed by atoms with Gasteiger partial charge in [-0.15, -0.1) is 0 Å². The van der Waals surface area contributed by atoms with Gasteiger partial charge in [-0.05, 0) is 25.7 Å². The summed E-state index contributed by atoms with van der Waals surface area (Å²) in [5.41, 5.74) is 2.52. The highest BCUT2D eigenvalue weighted by atomic mass is 14.1. The number of hydrogen-bond acceptors (Lipinski definition) is 0. The average molecular weight is 134 g/mol. The molecule has 1 atom stereocenters. The van der Waals surface area contributed by atoms with E-state index in [-0.39, 0.29) is 0 Å². The van der Waals surface area contributed by atoms with Crippen LogP contribution in [0.1, 0.15) is 19.8 Å². The standard InChI is InChI=1S/C10H14/c1-8(2)10-6-4-9(3)5-7-10/h4,6,10H,1,3,5,7H2,2H3. The highest BCUT2D eigenvalue weighted by Gasteiger charge is 2.09. The molecule has 1 aliphatic carbocycles. The van der Waals surface area contributed by atoms with Gasteiger partial charge in [-0.2, -0.15) is 0 Å². The molecule has 0 aliphatic heterocycles. The van der Waals surface area contributed by atoms with Crippen molar-refractivity contribution < 1.29 is 0 Å². The summed E-state index contributed by atoms with van der Waals surface area (Å²) in [4.78, 5) is 0. The van der Waals surface area contributed by atoms with E-state index in [0.29, 0.717) is 5.92 Å². The average Bonchev–Trinajstić information content (AvgIpc) is 1.88. The van der Waals surface area contributed by atoms with E-state index in [1.165, 1.54) is 17.6 Å². The lowest BCUT2D eigenvalue weighted by Crippen LogP contribution is -2.01. The van der Waals surface area contributed by atoms with Crippen LogP contribution in [0.4, 0.5) is 0 Å². The lowest BCUT2D eigenvalue weighted by molar-refractivity contribution is 0.659. The molecule has 0 aromatic heterocycles. The van der Waals surface area contributed by atoms with E-state index in [2.05, 4.69) is 32.2 Å². The van der Waals surface area contributed by atoms with Gasteiger partial charge in [0.25, 0.3) is 0 Å². The third kappa shape index (κ3) is 1.60. The van der Waals surface area contributed by atoms with Gasteiger partial charge in [0.05, 0.1) is 0 Å². The van der Waals surface area contributed by atoms with Crippen LogP contribution in [0, 0.1) is 5.92 Å². The molecule has 0 saturated carbocycles. The maximum Gasteiger partial charge on any atom is -0.00224 e. The number of hydrogen-bond donors (Lipinski definition) is 0. The second kappa shape index (κ2) is 2.87. The van der Waals surface area contributed by atoms with E-state index in [1.54, 1.807) is 0 Å². The van der Waals surface area contributed by atoms with Gasteiger partial charge >= 0.3 is 0 Å². The highest BCUT2D eigenvalue weighted by Crippen LogP contribution is 2.24. The van der Waals surface area contributed by atoms with Crippen molar-refractivity contribution in [2.45, 2.75) is 19.8 Å². The topological polar surface area (TPSA) is 0 Å². The third-order valence-electron chi connectivity index (χ3n) is 1.97. The maximum absolute atomic E-state index is 3.92. The molecule has 0 saturated heterocycles. The second-order valence-corrected chi connectivity index (χ2v) is 3.01. The molecule has 54 valence electrons. The van der Waals surface area contributed by atoms with Crippen molar-refractivity contribution in [3.05, 3.63) is 36.5 Å². The van der Waals surface area contributed by atoms with Crippen molar-refractivity contribution in [2.75, 3.05) is 0 Å². The zero-order valence-electron chi connectivity index (χ0n) is 6.56. The molecule has 0 aromatic carbocycles. The van der Waals surface area contributed by atoms with Gasteiger partial charge in [0.1, 0.15) is 0 Å². The van der Waals surface area contributed by atoms with Crippen molar-refractivity contribution in [3.8, 4) is 0 Å². The Morgan fingerprint density at radius 1 is 1.70 bits per heavy atom. The van der Waals surface area contributed by atoms with E-state index < -0.39 is 0 Å². The summed E-state index contributed by atoms with van der Waals surface area (Å²) in [6, 6.07) is 0. The monoisotopic (exact) mass is 134 g/mol. The van der Waals surface area contributed by atoms with Crippen LogP contribution in [-0.4, -0.2) is 0 Å². The van der Waals surface area contributed by atoms with Crippen LogP contribution < -0.4 is 0 Å². The normalized spacial score (nSPS) is 24.9. The Morgan fingerprint density at radius 2 is 2.40 bits per heavy atom. The molecule has 0 aromatic rings. The first-order chi connectivity index (χ1) is 4.70. The zero-order chi connectivity index (χ0) is 7.56. The Morgan fingerprint density at radius 3 is 2.80 bits per heavy atom. The van der Waals surface area contributed by atoms with Gasteiger partial charge in [0.15, 0.2) is 0 Å². The SMILES string of the molecule is C=C1C=CC(C(=C)C)CC1. The molecule has 0 N–H and O–H groups in total. The molecule has 1 rings (SSSR count). The summed E-state index contributed by atoms with van der Waals surface area (Å²) in [7, 11) is 0. The van der Waals surface area contributed by atoms with Crippen molar-refractivity contribution in [2.24, 2.45) is 5.92 Å². The number of allylic oxidation sites excluding steroid dienone is 4. The van der Waals surface area contributed by atoms with Gasteiger partial charge in [0.2, 0.25) is 0 Å². The van der Waals surface area contributed by atoms with Crippen molar-refractivity contribution in [1.82, 2.24) is 0 Å². The summed E-state index contributed by atoms with van der Waals surface area (Å²) in [5.74, 6) is 0.602. The lowest BCUT2D eigenvalue weighted by atomic mass is 9.89. The van der Waals surface area contributed by atoms with Crippen LogP contribution >= 0.6 is 0 Å². The molecular weight excluding hydrogens is 120 g/mol. The molecule has 0 radical (unpaired) electrons. The zero-order valence-corrected chi connectivity index (χ0v) is 6.56. The van der Waals surface area contributed by atoms with Crippen LogP contribution in [-0.2, 0) is 0 Å². The molecule has 0 spiro atoms. The first-order valence-electron chi connectivity index (χ1n) is 3.71. The molecule has 0 heterocycles. The summed E-state index contributed by atoms with van der Waals surface area (Å²) in [6.07, 6.45) is 6.65. The van der Waals surface area contributed by atoms with Gasteiger partial charge in [0, 0.05) is 0 Å².